The van der Waals surface area contributed by atoms with Crippen LogP contribution in [-0.4, -0.2) is 27.9 Å². The van der Waals surface area contributed by atoms with Gasteiger partial charge < -0.3 is 15.6 Å². The van der Waals surface area contributed by atoms with Gasteiger partial charge in [-0.3, -0.25) is 15.2 Å². The van der Waals surface area contributed by atoms with Crippen LogP contribution in [-0.2, 0) is 6.54 Å². The SMILES string of the molecule is CN(Cc1[nH]c(=O)[nH]c(=O)c1Br)C(=N)N. The average Bonchev–Trinajstić information content (AvgIpc) is 2.13. The second kappa shape index (κ2) is 4.30. The Morgan fingerprint density at radius 3 is 2.67 bits per heavy atom. The van der Waals surface area contributed by atoms with Crippen LogP contribution in [0.5, 0.6) is 0 Å². The molecular formula is C7H10BrN5O2. The van der Waals surface area contributed by atoms with Gasteiger partial charge in [-0.25, -0.2) is 4.79 Å². The third-order valence-corrected chi connectivity index (χ3v) is 2.60. The van der Waals surface area contributed by atoms with Gasteiger partial charge in [-0.2, -0.15) is 0 Å². The van der Waals surface area contributed by atoms with Crippen molar-refractivity contribution in [1.29, 1.82) is 5.41 Å². The molecule has 0 saturated carbocycles. The summed E-state index contributed by atoms with van der Waals surface area (Å²) in [6.45, 7) is 0.176. The van der Waals surface area contributed by atoms with Gasteiger partial charge in [0.25, 0.3) is 5.56 Å². The summed E-state index contributed by atoms with van der Waals surface area (Å²) in [5.74, 6) is -0.150. The summed E-state index contributed by atoms with van der Waals surface area (Å²) in [7, 11) is 1.58. The number of hydrogen-bond donors (Lipinski definition) is 4. The van der Waals surface area contributed by atoms with Crippen LogP contribution in [0.15, 0.2) is 14.1 Å². The predicted octanol–water partition coefficient (Wildman–Crippen LogP) is -0.849. The van der Waals surface area contributed by atoms with Crippen molar-refractivity contribution >= 4 is 21.9 Å². The molecule has 1 heterocycles. The van der Waals surface area contributed by atoms with Gasteiger partial charge in [-0.1, -0.05) is 0 Å². The van der Waals surface area contributed by atoms with Crippen molar-refractivity contribution in [3.8, 4) is 0 Å². The molecule has 8 heteroatoms. The number of hydrogen-bond acceptors (Lipinski definition) is 3. The molecule has 15 heavy (non-hydrogen) atoms. The van der Waals surface area contributed by atoms with E-state index in [0.717, 1.165) is 0 Å². The zero-order chi connectivity index (χ0) is 11.6. The van der Waals surface area contributed by atoms with E-state index in [-0.39, 0.29) is 17.0 Å². The van der Waals surface area contributed by atoms with Crippen LogP contribution < -0.4 is 17.0 Å². The van der Waals surface area contributed by atoms with Gasteiger partial charge >= 0.3 is 5.69 Å². The van der Waals surface area contributed by atoms with Crippen molar-refractivity contribution in [2.24, 2.45) is 5.73 Å². The topological polar surface area (TPSA) is 119 Å². The normalized spacial score (nSPS) is 10.0. The number of H-pyrrole nitrogens is 2. The van der Waals surface area contributed by atoms with Crippen LogP contribution in [0, 0.1) is 5.41 Å². The van der Waals surface area contributed by atoms with Gasteiger partial charge in [0.15, 0.2) is 5.96 Å². The van der Waals surface area contributed by atoms with E-state index in [2.05, 4.69) is 25.9 Å². The second-order valence-corrected chi connectivity index (χ2v) is 3.74. The molecule has 0 aliphatic rings. The lowest BCUT2D eigenvalue weighted by Crippen LogP contribution is -2.34. The lowest BCUT2D eigenvalue weighted by molar-refractivity contribution is 0.480. The molecule has 7 nitrogen and oxygen atoms in total. The van der Waals surface area contributed by atoms with Gasteiger partial charge in [0, 0.05) is 7.05 Å². The van der Waals surface area contributed by atoms with E-state index >= 15 is 0 Å². The van der Waals surface area contributed by atoms with Gasteiger partial charge in [0.1, 0.15) is 4.47 Å². The van der Waals surface area contributed by atoms with Gasteiger partial charge in [-0.05, 0) is 15.9 Å². The first-order chi connectivity index (χ1) is 6.91. The number of rotatable bonds is 2. The van der Waals surface area contributed by atoms with E-state index in [0.29, 0.717) is 5.69 Å². The fourth-order valence-electron chi connectivity index (χ4n) is 0.949. The van der Waals surface area contributed by atoms with Gasteiger partial charge in [-0.15, -0.1) is 0 Å². The summed E-state index contributed by atoms with van der Waals surface area (Å²) in [6, 6.07) is 0. The zero-order valence-corrected chi connectivity index (χ0v) is 9.51. The molecule has 1 aromatic rings. The summed E-state index contributed by atoms with van der Waals surface area (Å²) in [5.41, 5.74) is 4.51. The van der Waals surface area contributed by atoms with E-state index in [1.54, 1.807) is 7.05 Å². The quantitative estimate of drug-likeness (QED) is 0.415. The molecule has 1 aromatic heterocycles. The average molecular weight is 276 g/mol. The maximum atomic E-state index is 11.2. The number of nitrogens with one attached hydrogen (secondary N) is 3. The minimum atomic E-state index is -0.588. The predicted molar refractivity (Wildman–Crippen MR) is 58.8 cm³/mol. The minimum Gasteiger partial charge on any atom is -0.370 e. The highest BCUT2D eigenvalue weighted by Gasteiger charge is 2.09. The van der Waals surface area contributed by atoms with Crippen molar-refractivity contribution in [1.82, 2.24) is 14.9 Å². The van der Waals surface area contributed by atoms with Crippen LogP contribution in [0.4, 0.5) is 0 Å². The zero-order valence-electron chi connectivity index (χ0n) is 7.93. The molecule has 0 radical (unpaired) electrons. The molecule has 0 bridgehead atoms. The van der Waals surface area contributed by atoms with Crippen LogP contribution in [0.3, 0.4) is 0 Å². The fraction of sp³-hybridized carbons (Fsp3) is 0.286. The molecule has 82 valence electrons. The number of halogens is 1. The number of nitrogens with two attached hydrogens (primary N) is 1. The summed E-state index contributed by atoms with van der Waals surface area (Å²) in [6.07, 6.45) is 0. The Labute approximate surface area is 92.9 Å². The highest BCUT2D eigenvalue weighted by molar-refractivity contribution is 9.10. The molecule has 0 amide bonds. The van der Waals surface area contributed by atoms with E-state index in [4.69, 9.17) is 11.1 Å². The number of aromatic nitrogens is 2. The first kappa shape index (κ1) is 11.5. The van der Waals surface area contributed by atoms with Crippen molar-refractivity contribution < 1.29 is 0 Å². The van der Waals surface area contributed by atoms with E-state index in [1.807, 2.05) is 0 Å². The first-order valence-electron chi connectivity index (χ1n) is 3.98. The number of nitrogens with zero attached hydrogens (tertiary/aromatic N) is 1. The Morgan fingerprint density at radius 2 is 2.13 bits per heavy atom. The summed E-state index contributed by atoms with van der Waals surface area (Å²) in [5, 5.41) is 7.14. The Kier molecular flexibility index (Phi) is 3.30. The molecule has 0 aliphatic carbocycles. The molecule has 1 rings (SSSR count). The largest absolute Gasteiger partial charge is 0.370 e. The van der Waals surface area contributed by atoms with Gasteiger partial charge in [0.2, 0.25) is 0 Å². The Balaban J connectivity index is 3.10. The van der Waals surface area contributed by atoms with E-state index in [9.17, 15) is 9.59 Å². The molecule has 0 atom stereocenters. The molecule has 0 fully saturated rings. The summed E-state index contributed by atoms with van der Waals surface area (Å²) < 4.78 is 0.232. The maximum absolute atomic E-state index is 11.2. The minimum absolute atomic E-state index is 0.150. The Bertz CT molecular complexity index is 491. The monoisotopic (exact) mass is 275 g/mol. The molecule has 0 aliphatic heterocycles. The lowest BCUT2D eigenvalue weighted by Gasteiger charge is -2.16. The summed E-state index contributed by atoms with van der Waals surface area (Å²) >= 11 is 3.04. The third kappa shape index (κ3) is 2.69. The number of guanidine groups is 1. The standard InChI is InChI=1S/C7H10BrN5O2/c1-13(6(9)10)2-3-4(8)5(14)12-7(15)11-3/h2H2,1H3,(H3,9,10)(H2,11,12,14,15). The summed E-state index contributed by atoms with van der Waals surface area (Å²) in [4.78, 5) is 28.1. The molecule has 5 N–H and O–H groups in total. The number of aromatic amines is 2. The van der Waals surface area contributed by atoms with Crippen LogP contribution >= 0.6 is 15.9 Å². The van der Waals surface area contributed by atoms with Crippen molar-refractivity contribution in [2.75, 3.05) is 7.05 Å². The van der Waals surface area contributed by atoms with E-state index < -0.39 is 11.2 Å². The molecular weight excluding hydrogens is 266 g/mol. The van der Waals surface area contributed by atoms with Crippen LogP contribution in [0.1, 0.15) is 5.69 Å². The van der Waals surface area contributed by atoms with Crippen LogP contribution in [0.25, 0.3) is 0 Å². The Hall–Kier alpha value is -1.57. The Morgan fingerprint density at radius 1 is 1.53 bits per heavy atom. The fourth-order valence-corrected chi connectivity index (χ4v) is 1.27. The van der Waals surface area contributed by atoms with Crippen molar-refractivity contribution in [3.63, 3.8) is 0 Å². The lowest BCUT2D eigenvalue weighted by atomic mass is 10.4. The molecule has 0 spiro atoms. The molecule has 0 saturated heterocycles. The smallest absolute Gasteiger partial charge is 0.326 e. The van der Waals surface area contributed by atoms with Crippen LogP contribution in [0.2, 0.25) is 0 Å². The maximum Gasteiger partial charge on any atom is 0.326 e. The third-order valence-electron chi connectivity index (χ3n) is 1.76. The highest BCUT2D eigenvalue weighted by Crippen LogP contribution is 2.08. The van der Waals surface area contributed by atoms with Gasteiger partial charge in [0.05, 0.1) is 12.2 Å². The van der Waals surface area contributed by atoms with E-state index in [1.165, 1.54) is 4.90 Å². The molecule has 0 aromatic carbocycles. The molecule has 0 unspecified atom stereocenters. The first-order valence-corrected chi connectivity index (χ1v) is 4.77. The van der Waals surface area contributed by atoms with Crippen molar-refractivity contribution in [2.45, 2.75) is 6.54 Å². The second-order valence-electron chi connectivity index (χ2n) is 2.94. The highest BCUT2D eigenvalue weighted by atomic mass is 79.9. The van der Waals surface area contributed by atoms with Crippen molar-refractivity contribution in [3.05, 3.63) is 31.0 Å².